The monoisotopic (exact) mass is 480 g/mol. The second-order valence-corrected chi connectivity index (χ2v) is 5.55. The largest absolute Gasteiger partial charge is 0.505 e. The van der Waals surface area contributed by atoms with Gasteiger partial charge in [0.05, 0.1) is 66.1 Å². The molecule has 0 saturated heterocycles. The summed E-state index contributed by atoms with van der Waals surface area (Å²) in [6.45, 7) is 5.01. The number of ether oxygens (including phenoxy) is 7. The van der Waals surface area contributed by atoms with Gasteiger partial charge in [-0.05, 0) is 0 Å². The molecule has 0 aliphatic rings. The number of carbonyl (C=O) groups is 1. The fourth-order valence-electron chi connectivity index (χ4n) is 1.48. The smallest absolute Gasteiger partial charge is 0.450 e. The molecule has 25 heavy (non-hydrogen) atoms. The highest BCUT2D eigenvalue weighted by molar-refractivity contribution is 14.1. The van der Waals surface area contributed by atoms with Crippen LogP contribution in [0, 0.1) is 0 Å². The van der Waals surface area contributed by atoms with Gasteiger partial charge in [0.25, 0.3) is 0 Å². The van der Waals surface area contributed by atoms with E-state index in [4.69, 9.17) is 33.5 Å². The van der Waals surface area contributed by atoms with Gasteiger partial charge in [-0.3, -0.25) is 0 Å². The Labute approximate surface area is 162 Å². The Morgan fingerprint density at radius 1 is 0.840 bits per heavy atom. The van der Waals surface area contributed by atoms with E-state index in [0.717, 1.165) is 0 Å². The highest BCUT2D eigenvalue weighted by Crippen LogP contribution is 1.99. The lowest BCUT2D eigenvalue weighted by Crippen LogP contribution is -2.25. The van der Waals surface area contributed by atoms with Gasteiger partial charge in [-0.2, -0.15) is 0 Å². The number of hydrogen-bond acceptors (Lipinski definition) is 8. The molecule has 1 atom stereocenters. The van der Waals surface area contributed by atoms with Crippen molar-refractivity contribution in [1.82, 2.24) is 0 Å². The Hall–Kier alpha value is -0.240. The molecular weight excluding hydrogens is 451 g/mol. The molecule has 0 aliphatic carbocycles. The summed E-state index contributed by atoms with van der Waals surface area (Å²) in [7, 11) is 1.63. The van der Waals surface area contributed by atoms with E-state index in [9.17, 15) is 4.79 Å². The fourth-order valence-corrected chi connectivity index (χ4v) is 1.99. The molecule has 0 heterocycles. The predicted octanol–water partition coefficient (Wildman–Crippen LogP) is 1.21. The first-order valence-electron chi connectivity index (χ1n) is 8.03. The lowest BCUT2D eigenvalue weighted by Gasteiger charge is -2.14. The third-order valence-electron chi connectivity index (χ3n) is 2.69. The van der Waals surface area contributed by atoms with Crippen LogP contribution < -0.4 is 0 Å². The zero-order valence-electron chi connectivity index (χ0n) is 14.7. The average molecular weight is 480 g/mol. The summed E-state index contributed by atoms with van der Waals surface area (Å²) in [5.74, 6) is 0. The van der Waals surface area contributed by atoms with E-state index in [-0.39, 0.29) is 12.7 Å². The minimum atomic E-state index is -1.30. The maximum Gasteiger partial charge on any atom is 0.505 e. The third kappa shape index (κ3) is 19.9. The minimum absolute atomic E-state index is 0.0266. The molecule has 1 unspecified atom stereocenters. The molecule has 0 bridgehead atoms. The number of methoxy groups -OCH3 is 1. The summed E-state index contributed by atoms with van der Waals surface area (Å²) in [6, 6.07) is 0. The molecule has 0 radical (unpaired) electrons. The topological polar surface area (TPSA) is 102 Å². The first-order valence-corrected chi connectivity index (χ1v) is 9.56. The van der Waals surface area contributed by atoms with Crippen LogP contribution in [-0.2, 0) is 33.2 Å². The fraction of sp³-hybridized carbons (Fsp3) is 0.933. The van der Waals surface area contributed by atoms with E-state index in [1.165, 1.54) is 0 Å². The lowest BCUT2D eigenvalue weighted by atomic mass is 10.4. The lowest BCUT2D eigenvalue weighted by molar-refractivity contribution is -0.0334. The van der Waals surface area contributed by atoms with Crippen molar-refractivity contribution >= 4 is 28.7 Å². The van der Waals surface area contributed by atoms with E-state index in [0.29, 0.717) is 70.5 Å². The molecule has 0 aromatic heterocycles. The Bertz CT molecular complexity index is 294. The standard InChI is InChI=1S/C15H29IO9/c1-19-2-3-20-4-5-21-6-7-22-8-9-23-10-11-24-14(12-16)13-25-15(17)18/h14H,2-13H2,1H3,(H,17,18). The summed E-state index contributed by atoms with van der Waals surface area (Å²) in [6.07, 6.45) is -1.55. The number of hydrogen-bond donors (Lipinski definition) is 1. The van der Waals surface area contributed by atoms with E-state index in [1.807, 2.05) is 0 Å². The molecule has 0 rings (SSSR count). The number of alkyl halides is 1. The van der Waals surface area contributed by atoms with Gasteiger partial charge in [-0.1, -0.05) is 22.6 Å². The highest BCUT2D eigenvalue weighted by atomic mass is 127. The summed E-state index contributed by atoms with van der Waals surface area (Å²) < 4.78 is 36.7. The van der Waals surface area contributed by atoms with Crippen molar-refractivity contribution in [3.8, 4) is 0 Å². The normalized spacial score (nSPS) is 12.2. The second kappa shape index (κ2) is 20.1. The van der Waals surface area contributed by atoms with Crippen LogP contribution in [0.5, 0.6) is 0 Å². The van der Waals surface area contributed by atoms with Gasteiger partial charge in [0.1, 0.15) is 12.7 Å². The van der Waals surface area contributed by atoms with Gasteiger partial charge in [-0.25, -0.2) is 4.79 Å². The van der Waals surface area contributed by atoms with E-state index in [1.54, 1.807) is 7.11 Å². The summed E-state index contributed by atoms with van der Waals surface area (Å²) >= 11 is 2.11. The van der Waals surface area contributed by atoms with Crippen LogP contribution in [-0.4, -0.2) is 102 Å². The molecule has 0 aromatic carbocycles. The van der Waals surface area contributed by atoms with Crippen LogP contribution in [0.4, 0.5) is 4.79 Å². The predicted molar refractivity (Wildman–Crippen MR) is 97.8 cm³/mol. The first-order chi connectivity index (χ1) is 12.2. The van der Waals surface area contributed by atoms with E-state index in [2.05, 4.69) is 27.3 Å². The van der Waals surface area contributed by atoms with Gasteiger partial charge in [0.15, 0.2) is 0 Å². The Kier molecular flexibility index (Phi) is 19.9. The Balaban J connectivity index is 3.19. The molecule has 10 heteroatoms. The maximum atomic E-state index is 10.3. The Morgan fingerprint density at radius 3 is 1.68 bits per heavy atom. The van der Waals surface area contributed by atoms with Crippen LogP contribution in [0.25, 0.3) is 0 Å². The molecule has 0 saturated carbocycles. The molecule has 150 valence electrons. The van der Waals surface area contributed by atoms with Crippen molar-refractivity contribution < 1.29 is 43.1 Å². The van der Waals surface area contributed by atoms with Gasteiger partial charge >= 0.3 is 6.16 Å². The van der Waals surface area contributed by atoms with Crippen molar-refractivity contribution in [3.63, 3.8) is 0 Å². The summed E-state index contributed by atoms with van der Waals surface area (Å²) in [5, 5.41) is 8.42. The van der Waals surface area contributed by atoms with Gasteiger partial charge in [0, 0.05) is 11.5 Å². The van der Waals surface area contributed by atoms with Gasteiger partial charge < -0.3 is 38.3 Å². The molecule has 0 fully saturated rings. The Morgan fingerprint density at radius 2 is 1.28 bits per heavy atom. The van der Waals surface area contributed by atoms with Crippen LogP contribution in [0.3, 0.4) is 0 Å². The second-order valence-electron chi connectivity index (χ2n) is 4.67. The maximum absolute atomic E-state index is 10.3. The van der Waals surface area contributed by atoms with Crippen LogP contribution in [0.2, 0.25) is 0 Å². The summed E-state index contributed by atoms with van der Waals surface area (Å²) in [5.41, 5.74) is 0. The quantitative estimate of drug-likeness (QED) is 0.127. The van der Waals surface area contributed by atoms with Crippen LogP contribution >= 0.6 is 22.6 Å². The molecule has 9 nitrogen and oxygen atoms in total. The minimum Gasteiger partial charge on any atom is -0.450 e. The average Bonchev–Trinajstić information content (AvgIpc) is 2.60. The molecule has 0 aromatic rings. The summed E-state index contributed by atoms with van der Waals surface area (Å²) in [4.78, 5) is 10.3. The van der Waals surface area contributed by atoms with Crippen molar-refractivity contribution in [1.29, 1.82) is 0 Å². The zero-order chi connectivity index (χ0) is 18.6. The number of rotatable bonds is 19. The molecule has 0 spiro atoms. The van der Waals surface area contributed by atoms with E-state index < -0.39 is 6.16 Å². The van der Waals surface area contributed by atoms with Crippen molar-refractivity contribution in [2.24, 2.45) is 0 Å². The molecule has 0 amide bonds. The van der Waals surface area contributed by atoms with Crippen molar-refractivity contribution in [2.75, 3.05) is 84.2 Å². The number of carboxylic acid groups (broad SMARTS) is 1. The zero-order valence-corrected chi connectivity index (χ0v) is 16.8. The first kappa shape index (κ1) is 24.8. The SMILES string of the molecule is COCCOCCOCCOCCOCCOC(CI)COC(=O)O. The molecular formula is C15H29IO9. The highest BCUT2D eigenvalue weighted by Gasteiger charge is 2.10. The van der Waals surface area contributed by atoms with Gasteiger partial charge in [0.2, 0.25) is 0 Å². The third-order valence-corrected chi connectivity index (χ3v) is 3.68. The van der Waals surface area contributed by atoms with E-state index >= 15 is 0 Å². The van der Waals surface area contributed by atoms with Crippen molar-refractivity contribution in [3.05, 3.63) is 0 Å². The van der Waals surface area contributed by atoms with Crippen LogP contribution in [0.15, 0.2) is 0 Å². The molecule has 1 N–H and O–H groups in total. The van der Waals surface area contributed by atoms with Crippen molar-refractivity contribution in [2.45, 2.75) is 6.10 Å². The number of halogens is 1. The van der Waals surface area contributed by atoms with Crippen LogP contribution in [0.1, 0.15) is 0 Å². The van der Waals surface area contributed by atoms with Gasteiger partial charge in [-0.15, -0.1) is 0 Å². The molecule has 0 aliphatic heterocycles.